The highest BCUT2D eigenvalue weighted by Gasteiger charge is 2.39. The van der Waals surface area contributed by atoms with Gasteiger partial charge in [0.05, 0.1) is 19.3 Å². The Kier molecular flexibility index (Phi) is 5.30. The van der Waals surface area contributed by atoms with Crippen molar-refractivity contribution in [3.05, 3.63) is 34.9 Å². The molecule has 30 heavy (non-hydrogen) atoms. The number of carbonyl (C=O) groups excluding carboxylic acids is 3. The minimum absolute atomic E-state index is 0.117. The molecule has 0 aliphatic carbocycles. The Morgan fingerprint density at radius 2 is 1.87 bits per heavy atom. The van der Waals surface area contributed by atoms with Gasteiger partial charge in [0.25, 0.3) is 5.91 Å². The highest BCUT2D eigenvalue weighted by atomic mass is 16.5. The molecular formula is C22H28N4O4. The van der Waals surface area contributed by atoms with Crippen LogP contribution >= 0.6 is 0 Å². The van der Waals surface area contributed by atoms with Gasteiger partial charge in [-0.25, -0.2) is 0 Å². The molecule has 8 nitrogen and oxygen atoms in total. The van der Waals surface area contributed by atoms with E-state index in [1.54, 1.807) is 4.90 Å². The summed E-state index contributed by atoms with van der Waals surface area (Å²) < 4.78 is 5.46. The quantitative estimate of drug-likeness (QED) is 0.681. The molecule has 8 heteroatoms. The minimum Gasteiger partial charge on any atom is -0.378 e. The second-order valence-electron chi connectivity index (χ2n) is 8.74. The second-order valence-corrected chi connectivity index (χ2v) is 8.74. The highest BCUT2D eigenvalue weighted by Crippen LogP contribution is 2.30. The number of benzene rings is 1. The maximum Gasteiger partial charge on any atom is 0.255 e. The number of fused-ring (bicyclic) bond motifs is 1. The smallest absolute Gasteiger partial charge is 0.255 e. The average molecular weight is 412 g/mol. The Balaban J connectivity index is 1.32. The number of ether oxygens (including phenoxy) is 1. The Hall–Kier alpha value is -2.29. The minimum atomic E-state index is -0.565. The van der Waals surface area contributed by atoms with Gasteiger partial charge in [-0.05, 0) is 49.5 Å². The number of hydrogen-bond donors (Lipinski definition) is 2. The summed E-state index contributed by atoms with van der Waals surface area (Å²) in [6.45, 7) is 4.95. The third-order valence-electron chi connectivity index (χ3n) is 6.82. The molecule has 0 bridgehead atoms. The van der Waals surface area contributed by atoms with Crippen LogP contribution in [0.25, 0.3) is 0 Å². The summed E-state index contributed by atoms with van der Waals surface area (Å²) in [5.41, 5.74) is 2.83. The number of rotatable bonds is 5. The Morgan fingerprint density at radius 1 is 1.07 bits per heavy atom. The van der Waals surface area contributed by atoms with Crippen molar-refractivity contribution in [3.63, 3.8) is 0 Å². The molecule has 1 aromatic rings. The third-order valence-corrected chi connectivity index (χ3v) is 6.82. The fraction of sp³-hybridized carbons (Fsp3) is 0.591. The lowest BCUT2D eigenvalue weighted by Crippen LogP contribution is -2.55. The van der Waals surface area contributed by atoms with Crippen LogP contribution < -0.4 is 10.6 Å². The normalized spacial score (nSPS) is 25.4. The van der Waals surface area contributed by atoms with E-state index in [0.29, 0.717) is 30.6 Å². The molecule has 0 radical (unpaired) electrons. The van der Waals surface area contributed by atoms with Crippen molar-refractivity contribution >= 4 is 17.7 Å². The van der Waals surface area contributed by atoms with Crippen molar-refractivity contribution in [2.24, 2.45) is 0 Å². The van der Waals surface area contributed by atoms with Crippen LogP contribution in [-0.4, -0.2) is 72.0 Å². The Morgan fingerprint density at radius 3 is 2.57 bits per heavy atom. The fourth-order valence-corrected chi connectivity index (χ4v) is 5.05. The van der Waals surface area contributed by atoms with E-state index in [2.05, 4.69) is 21.6 Å². The number of nitrogens with one attached hydrogen (secondary N) is 2. The van der Waals surface area contributed by atoms with Gasteiger partial charge in [0, 0.05) is 31.1 Å². The van der Waals surface area contributed by atoms with Gasteiger partial charge >= 0.3 is 0 Å². The van der Waals surface area contributed by atoms with Crippen molar-refractivity contribution in [1.29, 1.82) is 0 Å². The van der Waals surface area contributed by atoms with Gasteiger partial charge in [-0.3, -0.25) is 24.6 Å². The first-order chi connectivity index (χ1) is 14.6. The molecule has 3 saturated heterocycles. The molecule has 0 saturated carbocycles. The molecule has 0 spiro atoms. The standard InChI is InChI=1S/C22H28N4O4/c27-20-4-3-19(21(28)24-20)26-11-15-9-14(1-2-18(15)22(26)29)10-25(17-12-30-13-17)16-5-7-23-8-6-16/h1-2,9,16-17,19,23H,3-8,10-13H2,(H,24,27,28). The van der Waals surface area contributed by atoms with Crippen LogP contribution in [-0.2, 0) is 27.4 Å². The number of piperidine rings is 2. The summed E-state index contributed by atoms with van der Waals surface area (Å²) in [6.07, 6.45) is 2.95. The van der Waals surface area contributed by atoms with Crippen LogP contribution in [0.1, 0.15) is 47.2 Å². The van der Waals surface area contributed by atoms with E-state index >= 15 is 0 Å². The zero-order valence-electron chi connectivity index (χ0n) is 17.1. The first kappa shape index (κ1) is 19.7. The van der Waals surface area contributed by atoms with Gasteiger partial charge in [-0.15, -0.1) is 0 Å². The maximum atomic E-state index is 12.9. The first-order valence-electron chi connectivity index (χ1n) is 10.9. The fourth-order valence-electron chi connectivity index (χ4n) is 5.05. The predicted octanol–water partition coefficient (Wildman–Crippen LogP) is 0.400. The van der Waals surface area contributed by atoms with E-state index in [1.807, 2.05) is 12.1 Å². The Labute approximate surface area is 175 Å². The zero-order chi connectivity index (χ0) is 20.7. The van der Waals surface area contributed by atoms with Crippen LogP contribution in [0.15, 0.2) is 18.2 Å². The molecule has 3 amide bonds. The SMILES string of the molecule is O=C1CCC(N2Cc3cc(CN(C4CCNCC4)C4COC4)ccc3C2=O)C(=O)N1. The maximum absolute atomic E-state index is 12.9. The van der Waals surface area contributed by atoms with Crippen LogP contribution in [0.2, 0.25) is 0 Å². The topological polar surface area (TPSA) is 91.0 Å². The van der Waals surface area contributed by atoms with E-state index in [1.165, 1.54) is 5.56 Å². The molecule has 160 valence electrons. The van der Waals surface area contributed by atoms with Gasteiger partial charge in [-0.2, -0.15) is 0 Å². The monoisotopic (exact) mass is 412 g/mol. The van der Waals surface area contributed by atoms with E-state index in [9.17, 15) is 14.4 Å². The summed E-state index contributed by atoms with van der Waals surface area (Å²) in [6, 6.07) is 6.50. The summed E-state index contributed by atoms with van der Waals surface area (Å²) in [4.78, 5) is 40.8. The average Bonchev–Trinajstić information content (AvgIpc) is 3.02. The Bertz CT molecular complexity index is 863. The molecule has 1 unspecified atom stereocenters. The van der Waals surface area contributed by atoms with Crippen LogP contribution in [0.5, 0.6) is 0 Å². The lowest BCUT2D eigenvalue weighted by atomic mass is 9.99. The summed E-state index contributed by atoms with van der Waals surface area (Å²) >= 11 is 0. The molecule has 2 N–H and O–H groups in total. The number of imide groups is 1. The molecule has 1 aromatic carbocycles. The lowest BCUT2D eigenvalue weighted by molar-refractivity contribution is -0.136. The van der Waals surface area contributed by atoms with Gasteiger partial charge in [0.2, 0.25) is 11.8 Å². The van der Waals surface area contributed by atoms with E-state index in [-0.39, 0.29) is 24.1 Å². The molecule has 4 heterocycles. The predicted molar refractivity (Wildman–Crippen MR) is 109 cm³/mol. The molecule has 0 aromatic heterocycles. The van der Waals surface area contributed by atoms with E-state index in [4.69, 9.17) is 4.74 Å². The third kappa shape index (κ3) is 3.64. The number of amides is 3. The second kappa shape index (κ2) is 8.09. The van der Waals surface area contributed by atoms with Crippen LogP contribution in [0, 0.1) is 0 Å². The summed E-state index contributed by atoms with van der Waals surface area (Å²) in [5, 5.41) is 5.79. The largest absolute Gasteiger partial charge is 0.378 e. The van der Waals surface area contributed by atoms with Crippen molar-refractivity contribution < 1.29 is 19.1 Å². The molecule has 3 fully saturated rings. The van der Waals surface area contributed by atoms with Gasteiger partial charge in [-0.1, -0.05) is 12.1 Å². The van der Waals surface area contributed by atoms with Gasteiger partial charge < -0.3 is 15.0 Å². The molecule has 1 atom stereocenters. The summed E-state index contributed by atoms with van der Waals surface area (Å²) in [7, 11) is 0. The number of nitrogens with zero attached hydrogens (tertiary/aromatic N) is 2. The summed E-state index contributed by atoms with van der Waals surface area (Å²) in [5.74, 6) is -0.746. The highest BCUT2D eigenvalue weighted by molar-refractivity contribution is 6.05. The van der Waals surface area contributed by atoms with E-state index < -0.39 is 6.04 Å². The molecule has 4 aliphatic rings. The lowest BCUT2D eigenvalue weighted by Gasteiger charge is -2.43. The van der Waals surface area contributed by atoms with Crippen LogP contribution in [0.3, 0.4) is 0 Å². The van der Waals surface area contributed by atoms with Crippen LogP contribution in [0.4, 0.5) is 0 Å². The molecule has 4 aliphatic heterocycles. The first-order valence-corrected chi connectivity index (χ1v) is 10.9. The number of carbonyl (C=O) groups is 3. The van der Waals surface area contributed by atoms with E-state index in [0.717, 1.165) is 51.3 Å². The molecular weight excluding hydrogens is 384 g/mol. The van der Waals surface area contributed by atoms with Crippen molar-refractivity contribution in [2.45, 2.75) is 56.9 Å². The number of hydrogen-bond acceptors (Lipinski definition) is 6. The van der Waals surface area contributed by atoms with Gasteiger partial charge in [0.1, 0.15) is 6.04 Å². The zero-order valence-corrected chi connectivity index (χ0v) is 17.1. The van der Waals surface area contributed by atoms with Crippen molar-refractivity contribution in [3.8, 4) is 0 Å². The van der Waals surface area contributed by atoms with Crippen molar-refractivity contribution in [2.75, 3.05) is 26.3 Å². The van der Waals surface area contributed by atoms with Gasteiger partial charge in [0.15, 0.2) is 0 Å². The molecule has 5 rings (SSSR count). The van der Waals surface area contributed by atoms with Crippen molar-refractivity contribution in [1.82, 2.24) is 20.4 Å².